The zero-order chi connectivity index (χ0) is 14.0. The van der Waals surface area contributed by atoms with Crippen LogP contribution in [0.3, 0.4) is 0 Å². The first-order valence-corrected chi connectivity index (χ1v) is 6.35. The van der Waals surface area contributed by atoms with Crippen LogP contribution in [0.1, 0.15) is 36.7 Å². The van der Waals surface area contributed by atoms with Gasteiger partial charge < -0.3 is 5.11 Å². The third-order valence-corrected chi connectivity index (χ3v) is 3.07. The smallest absolute Gasteiger partial charge is 0.309 e. The van der Waals surface area contributed by atoms with Crippen molar-refractivity contribution in [2.75, 3.05) is 0 Å². The minimum absolute atomic E-state index is 0.0437. The Balaban J connectivity index is 2.30. The Kier molecular flexibility index (Phi) is 3.69. The van der Waals surface area contributed by atoms with Gasteiger partial charge in [0.2, 0.25) is 0 Å². The van der Waals surface area contributed by atoms with Gasteiger partial charge in [0.05, 0.1) is 17.8 Å². The molecule has 0 aliphatic rings. The molecule has 4 heteroatoms. The lowest BCUT2D eigenvalue weighted by Crippen LogP contribution is -2.03. The molecular weight excluding hydrogens is 240 g/mol. The fraction of sp³-hybridized carbons (Fsp3) is 0.333. The SMILES string of the molecule is Cc1cc(CC(=O)O)nn1-c1ccc(C(C)C)cc1. The largest absolute Gasteiger partial charge is 0.481 e. The lowest BCUT2D eigenvalue weighted by atomic mass is 10.0. The Hall–Kier alpha value is -2.10. The summed E-state index contributed by atoms with van der Waals surface area (Å²) >= 11 is 0. The van der Waals surface area contributed by atoms with Crippen molar-refractivity contribution in [3.63, 3.8) is 0 Å². The van der Waals surface area contributed by atoms with E-state index in [1.807, 2.05) is 25.1 Å². The number of aryl methyl sites for hydroxylation is 1. The van der Waals surface area contributed by atoms with Gasteiger partial charge in [-0.2, -0.15) is 5.10 Å². The normalized spacial score (nSPS) is 10.9. The number of carbonyl (C=O) groups is 1. The second-order valence-corrected chi connectivity index (χ2v) is 5.01. The predicted molar refractivity (Wildman–Crippen MR) is 73.7 cm³/mol. The molecule has 2 rings (SSSR count). The number of hydrogen-bond donors (Lipinski definition) is 1. The number of carboxylic acids is 1. The highest BCUT2D eigenvalue weighted by atomic mass is 16.4. The number of rotatable bonds is 4. The molecule has 19 heavy (non-hydrogen) atoms. The summed E-state index contributed by atoms with van der Waals surface area (Å²) in [5.41, 5.74) is 3.75. The van der Waals surface area contributed by atoms with Gasteiger partial charge in [-0.25, -0.2) is 4.68 Å². The first-order chi connectivity index (χ1) is 8.97. The molecule has 0 bridgehead atoms. The van der Waals surface area contributed by atoms with Gasteiger partial charge in [-0.15, -0.1) is 0 Å². The van der Waals surface area contributed by atoms with E-state index in [0.29, 0.717) is 11.6 Å². The molecule has 1 N–H and O–H groups in total. The summed E-state index contributed by atoms with van der Waals surface area (Å²) in [6.07, 6.45) is -0.0437. The van der Waals surface area contributed by atoms with Crippen LogP contribution >= 0.6 is 0 Å². The van der Waals surface area contributed by atoms with Crippen molar-refractivity contribution >= 4 is 5.97 Å². The van der Waals surface area contributed by atoms with Crippen LogP contribution in [0.25, 0.3) is 5.69 Å². The standard InChI is InChI=1S/C15H18N2O2/c1-10(2)12-4-6-14(7-5-12)17-11(3)8-13(16-17)9-15(18)19/h4-8,10H,9H2,1-3H3,(H,18,19). The molecule has 0 atom stereocenters. The molecule has 0 aliphatic carbocycles. The monoisotopic (exact) mass is 258 g/mol. The number of aliphatic carboxylic acids is 1. The van der Waals surface area contributed by atoms with E-state index in [-0.39, 0.29) is 6.42 Å². The van der Waals surface area contributed by atoms with Crippen LogP contribution in [-0.2, 0) is 11.2 Å². The average molecular weight is 258 g/mol. The Morgan fingerprint density at radius 2 is 1.95 bits per heavy atom. The Labute approximate surface area is 112 Å². The van der Waals surface area contributed by atoms with Crippen LogP contribution in [0, 0.1) is 6.92 Å². The summed E-state index contributed by atoms with van der Waals surface area (Å²) in [7, 11) is 0. The van der Waals surface area contributed by atoms with Crippen LogP contribution in [-0.4, -0.2) is 20.9 Å². The minimum atomic E-state index is -0.861. The van der Waals surface area contributed by atoms with Crippen molar-refractivity contribution in [2.24, 2.45) is 0 Å². The van der Waals surface area contributed by atoms with Gasteiger partial charge in [0.25, 0.3) is 0 Å². The Morgan fingerprint density at radius 3 is 2.47 bits per heavy atom. The van der Waals surface area contributed by atoms with Gasteiger partial charge in [-0.3, -0.25) is 4.79 Å². The highest BCUT2D eigenvalue weighted by Gasteiger charge is 2.09. The molecule has 0 saturated heterocycles. The summed E-state index contributed by atoms with van der Waals surface area (Å²) in [5, 5.41) is 13.1. The van der Waals surface area contributed by atoms with Gasteiger partial charge in [0.1, 0.15) is 0 Å². The van der Waals surface area contributed by atoms with E-state index in [2.05, 4.69) is 31.1 Å². The lowest BCUT2D eigenvalue weighted by molar-refractivity contribution is -0.136. The summed E-state index contributed by atoms with van der Waals surface area (Å²) < 4.78 is 1.78. The van der Waals surface area contributed by atoms with E-state index in [0.717, 1.165) is 11.4 Å². The third kappa shape index (κ3) is 3.02. The summed E-state index contributed by atoms with van der Waals surface area (Å²) in [4.78, 5) is 10.7. The maximum Gasteiger partial charge on any atom is 0.309 e. The third-order valence-electron chi connectivity index (χ3n) is 3.07. The van der Waals surface area contributed by atoms with Crippen LogP contribution in [0.4, 0.5) is 0 Å². The fourth-order valence-electron chi connectivity index (χ4n) is 2.04. The Morgan fingerprint density at radius 1 is 1.32 bits per heavy atom. The van der Waals surface area contributed by atoms with Gasteiger partial charge in [-0.1, -0.05) is 26.0 Å². The molecule has 100 valence electrons. The molecule has 4 nitrogen and oxygen atoms in total. The first kappa shape index (κ1) is 13.3. The number of aromatic nitrogens is 2. The van der Waals surface area contributed by atoms with E-state index in [1.54, 1.807) is 4.68 Å². The molecular formula is C15H18N2O2. The second-order valence-electron chi connectivity index (χ2n) is 5.01. The molecule has 0 fully saturated rings. The zero-order valence-corrected chi connectivity index (χ0v) is 11.4. The molecule has 2 aromatic rings. The average Bonchev–Trinajstić information content (AvgIpc) is 2.69. The number of hydrogen-bond acceptors (Lipinski definition) is 2. The number of carboxylic acid groups (broad SMARTS) is 1. The predicted octanol–water partition coefficient (Wildman–Crippen LogP) is 2.93. The second kappa shape index (κ2) is 5.26. The van der Waals surface area contributed by atoms with Crippen LogP contribution in [0.2, 0.25) is 0 Å². The van der Waals surface area contributed by atoms with E-state index in [9.17, 15) is 4.79 Å². The zero-order valence-electron chi connectivity index (χ0n) is 11.4. The number of nitrogens with zero attached hydrogens (tertiary/aromatic N) is 2. The minimum Gasteiger partial charge on any atom is -0.481 e. The highest BCUT2D eigenvalue weighted by Crippen LogP contribution is 2.18. The molecule has 0 aliphatic heterocycles. The molecule has 1 aromatic heterocycles. The molecule has 0 saturated carbocycles. The van der Waals surface area contributed by atoms with Crippen LogP contribution in [0.15, 0.2) is 30.3 Å². The molecule has 1 heterocycles. The molecule has 0 spiro atoms. The summed E-state index contributed by atoms with van der Waals surface area (Å²) in [6.45, 7) is 6.23. The van der Waals surface area contributed by atoms with Crippen molar-refractivity contribution in [3.05, 3.63) is 47.3 Å². The van der Waals surface area contributed by atoms with Crippen molar-refractivity contribution in [3.8, 4) is 5.69 Å². The van der Waals surface area contributed by atoms with Crippen molar-refractivity contribution in [2.45, 2.75) is 33.1 Å². The highest BCUT2D eigenvalue weighted by molar-refractivity contribution is 5.69. The van der Waals surface area contributed by atoms with E-state index >= 15 is 0 Å². The fourth-order valence-corrected chi connectivity index (χ4v) is 2.04. The summed E-state index contributed by atoms with van der Waals surface area (Å²) in [6, 6.07) is 10.0. The molecule has 0 amide bonds. The number of benzene rings is 1. The van der Waals surface area contributed by atoms with Crippen molar-refractivity contribution < 1.29 is 9.90 Å². The van der Waals surface area contributed by atoms with Gasteiger partial charge in [0, 0.05) is 5.69 Å². The van der Waals surface area contributed by atoms with Crippen molar-refractivity contribution in [1.82, 2.24) is 9.78 Å². The Bertz CT molecular complexity index is 583. The van der Waals surface area contributed by atoms with Gasteiger partial charge in [0.15, 0.2) is 0 Å². The van der Waals surface area contributed by atoms with Crippen molar-refractivity contribution in [1.29, 1.82) is 0 Å². The quantitative estimate of drug-likeness (QED) is 0.917. The van der Waals surface area contributed by atoms with Gasteiger partial charge >= 0.3 is 5.97 Å². The van der Waals surface area contributed by atoms with E-state index in [1.165, 1.54) is 5.56 Å². The maximum atomic E-state index is 10.7. The van der Waals surface area contributed by atoms with E-state index < -0.39 is 5.97 Å². The van der Waals surface area contributed by atoms with Crippen LogP contribution in [0.5, 0.6) is 0 Å². The van der Waals surface area contributed by atoms with E-state index in [4.69, 9.17) is 5.11 Å². The van der Waals surface area contributed by atoms with Gasteiger partial charge in [-0.05, 0) is 36.6 Å². The molecule has 1 aromatic carbocycles. The van der Waals surface area contributed by atoms with Crippen LogP contribution < -0.4 is 0 Å². The first-order valence-electron chi connectivity index (χ1n) is 6.35. The lowest BCUT2D eigenvalue weighted by Gasteiger charge is -2.08. The topological polar surface area (TPSA) is 55.1 Å². The molecule has 0 radical (unpaired) electrons. The maximum absolute atomic E-state index is 10.7. The summed E-state index contributed by atoms with van der Waals surface area (Å²) in [5.74, 6) is -0.366. The molecule has 0 unspecified atom stereocenters.